The summed E-state index contributed by atoms with van der Waals surface area (Å²) in [5.41, 5.74) is 7.99. The van der Waals surface area contributed by atoms with E-state index in [2.05, 4.69) is 38.5 Å². The quantitative estimate of drug-likeness (QED) is 0.663. The molecule has 2 aromatic rings. The fourth-order valence-corrected chi connectivity index (χ4v) is 4.89. The van der Waals surface area contributed by atoms with Crippen LogP contribution < -0.4 is 5.73 Å². The van der Waals surface area contributed by atoms with Crippen molar-refractivity contribution in [3.63, 3.8) is 0 Å². The highest BCUT2D eigenvalue weighted by atomic mass is 32.1. The van der Waals surface area contributed by atoms with E-state index in [0.29, 0.717) is 30.6 Å². The van der Waals surface area contributed by atoms with Crippen LogP contribution in [0.25, 0.3) is 0 Å². The minimum absolute atomic E-state index is 0.238. The molecule has 2 aromatic heterocycles. The van der Waals surface area contributed by atoms with Gasteiger partial charge in [0, 0.05) is 44.3 Å². The van der Waals surface area contributed by atoms with Crippen molar-refractivity contribution in [1.82, 2.24) is 14.8 Å². The molecule has 1 saturated heterocycles. The molecule has 0 spiro atoms. The Morgan fingerprint density at radius 1 is 1.33 bits per heavy atom. The molecular weight excluding hydrogens is 396 g/mol. The number of hydrogen-bond donors (Lipinski definition) is 1. The summed E-state index contributed by atoms with van der Waals surface area (Å²) >= 11 is 1.68. The third-order valence-corrected chi connectivity index (χ3v) is 6.81. The number of rotatable bonds is 9. The predicted molar refractivity (Wildman–Crippen MR) is 120 cm³/mol. The number of pyridine rings is 1. The van der Waals surface area contributed by atoms with Gasteiger partial charge in [-0.15, -0.1) is 0 Å². The molecule has 162 valence electrons. The highest BCUT2D eigenvalue weighted by Gasteiger charge is 2.29. The van der Waals surface area contributed by atoms with Gasteiger partial charge in [0.05, 0.1) is 11.3 Å². The van der Waals surface area contributed by atoms with E-state index in [4.69, 9.17) is 5.73 Å². The first-order chi connectivity index (χ1) is 14.5. The fraction of sp³-hybridized carbons (Fsp3) is 0.522. The van der Waals surface area contributed by atoms with Gasteiger partial charge in [-0.3, -0.25) is 14.6 Å². The molecule has 7 heteroatoms. The number of nitrogens with zero attached hydrogens (tertiary/aromatic N) is 3. The summed E-state index contributed by atoms with van der Waals surface area (Å²) in [4.78, 5) is 33.1. The fourth-order valence-electron chi connectivity index (χ4n) is 4.23. The van der Waals surface area contributed by atoms with Gasteiger partial charge in [0.1, 0.15) is 0 Å². The van der Waals surface area contributed by atoms with Gasteiger partial charge in [0.15, 0.2) is 0 Å². The minimum Gasteiger partial charge on any atom is -0.366 e. The number of nitrogens with two attached hydrogens (primary N) is 1. The maximum absolute atomic E-state index is 12.6. The average molecular weight is 429 g/mol. The van der Waals surface area contributed by atoms with Crippen LogP contribution in [-0.2, 0) is 17.8 Å². The monoisotopic (exact) mass is 428 g/mol. The van der Waals surface area contributed by atoms with Crippen molar-refractivity contribution in [3.05, 3.63) is 52.0 Å². The number of likely N-dealkylation sites (tertiary alicyclic amines) is 1. The molecule has 3 rings (SSSR count). The molecular formula is C23H32N4O2S. The Hall–Kier alpha value is -2.25. The zero-order chi connectivity index (χ0) is 21.5. The van der Waals surface area contributed by atoms with Crippen molar-refractivity contribution in [2.24, 2.45) is 5.73 Å². The summed E-state index contributed by atoms with van der Waals surface area (Å²) in [7, 11) is 0. The van der Waals surface area contributed by atoms with Gasteiger partial charge in [-0.25, -0.2) is 0 Å². The Balaban J connectivity index is 1.53. The Bertz CT molecular complexity index is 831. The predicted octanol–water partition coefficient (Wildman–Crippen LogP) is 3.47. The highest BCUT2D eigenvalue weighted by molar-refractivity contribution is 7.07. The number of carbonyl (C=O) groups is 2. The molecule has 0 bridgehead atoms. The molecule has 0 radical (unpaired) electrons. The lowest BCUT2D eigenvalue weighted by atomic mass is 9.98. The molecule has 30 heavy (non-hydrogen) atoms. The molecule has 6 nitrogen and oxygen atoms in total. The Morgan fingerprint density at radius 2 is 2.10 bits per heavy atom. The van der Waals surface area contributed by atoms with Gasteiger partial charge in [-0.1, -0.05) is 6.92 Å². The van der Waals surface area contributed by atoms with Gasteiger partial charge in [-0.2, -0.15) is 11.3 Å². The number of primary amides is 1. The molecule has 2 N–H and O–H groups in total. The van der Waals surface area contributed by atoms with E-state index in [0.717, 1.165) is 44.5 Å². The van der Waals surface area contributed by atoms with Gasteiger partial charge in [0.25, 0.3) is 5.91 Å². The van der Waals surface area contributed by atoms with Crippen LogP contribution in [0.1, 0.15) is 61.1 Å². The average Bonchev–Trinajstić information content (AvgIpc) is 3.29. The molecule has 0 aliphatic carbocycles. The molecule has 1 atom stereocenters. The normalized spacial score (nSPS) is 16.3. The van der Waals surface area contributed by atoms with Crippen LogP contribution in [0.2, 0.25) is 0 Å². The Morgan fingerprint density at radius 3 is 2.73 bits per heavy atom. The summed E-state index contributed by atoms with van der Waals surface area (Å²) in [5.74, 6) is -0.181. The maximum atomic E-state index is 12.6. The zero-order valence-corrected chi connectivity index (χ0v) is 18.7. The summed E-state index contributed by atoms with van der Waals surface area (Å²) in [6, 6.07) is 6.29. The second-order valence-electron chi connectivity index (χ2n) is 8.02. The number of aryl methyl sites for hydroxylation is 1. The summed E-state index contributed by atoms with van der Waals surface area (Å²) in [6.45, 7) is 6.85. The maximum Gasteiger partial charge on any atom is 0.250 e. The zero-order valence-electron chi connectivity index (χ0n) is 17.9. The summed E-state index contributed by atoms with van der Waals surface area (Å²) < 4.78 is 0. The summed E-state index contributed by atoms with van der Waals surface area (Å²) in [5, 5.41) is 4.20. The van der Waals surface area contributed by atoms with Crippen molar-refractivity contribution in [1.29, 1.82) is 0 Å². The van der Waals surface area contributed by atoms with Gasteiger partial charge in [-0.05, 0) is 67.1 Å². The van der Waals surface area contributed by atoms with Crippen LogP contribution in [0.3, 0.4) is 0 Å². The minimum atomic E-state index is -0.419. The second kappa shape index (κ2) is 10.7. The van der Waals surface area contributed by atoms with Crippen LogP contribution >= 0.6 is 11.3 Å². The van der Waals surface area contributed by atoms with Crippen LogP contribution in [-0.4, -0.2) is 51.8 Å². The molecule has 1 aliphatic rings. The van der Waals surface area contributed by atoms with Crippen LogP contribution in [0, 0.1) is 0 Å². The SMILES string of the molecule is CCC(=O)N(Cc1ccsc1)C1CCN([C@H](C)CCc2ncccc2C(N)=O)CC1. The van der Waals surface area contributed by atoms with Crippen LogP contribution in [0.15, 0.2) is 35.2 Å². The number of hydrogen-bond acceptors (Lipinski definition) is 5. The largest absolute Gasteiger partial charge is 0.366 e. The molecule has 3 heterocycles. The van der Waals surface area contributed by atoms with E-state index >= 15 is 0 Å². The van der Waals surface area contributed by atoms with Crippen molar-refractivity contribution < 1.29 is 9.59 Å². The Labute approximate surface area is 183 Å². The Kier molecular flexibility index (Phi) is 7.99. The first-order valence-electron chi connectivity index (χ1n) is 10.8. The number of aromatic nitrogens is 1. The van der Waals surface area contributed by atoms with Crippen LogP contribution in [0.4, 0.5) is 0 Å². The number of amides is 2. The first-order valence-corrected chi connectivity index (χ1v) is 11.7. The van der Waals surface area contributed by atoms with Crippen molar-refractivity contribution in [3.8, 4) is 0 Å². The van der Waals surface area contributed by atoms with Gasteiger partial charge < -0.3 is 15.5 Å². The standard InChI is InChI=1S/C23H32N4O2S/c1-3-22(28)27(15-18-10-14-30-16-18)19-8-12-26(13-9-19)17(2)6-7-21-20(23(24)29)5-4-11-25-21/h4-5,10-11,14,16-17,19H,3,6-9,12-13,15H2,1-2H3,(H2,24,29)/t17-/m1/s1. The number of thiophene rings is 1. The lowest BCUT2D eigenvalue weighted by molar-refractivity contribution is -0.135. The third kappa shape index (κ3) is 5.67. The highest BCUT2D eigenvalue weighted by Crippen LogP contribution is 2.23. The molecule has 2 amide bonds. The van der Waals surface area contributed by atoms with Gasteiger partial charge in [0.2, 0.25) is 5.91 Å². The van der Waals surface area contributed by atoms with E-state index < -0.39 is 5.91 Å². The molecule has 1 aliphatic heterocycles. The van der Waals surface area contributed by atoms with E-state index in [1.54, 1.807) is 29.7 Å². The van der Waals surface area contributed by atoms with E-state index in [-0.39, 0.29) is 5.91 Å². The van der Waals surface area contributed by atoms with E-state index in [9.17, 15) is 9.59 Å². The molecule has 1 fully saturated rings. The number of carbonyl (C=O) groups excluding carboxylic acids is 2. The summed E-state index contributed by atoms with van der Waals surface area (Å²) in [6.07, 6.45) is 5.91. The topological polar surface area (TPSA) is 79.5 Å². The van der Waals surface area contributed by atoms with Crippen molar-refractivity contribution >= 4 is 23.2 Å². The van der Waals surface area contributed by atoms with Gasteiger partial charge >= 0.3 is 0 Å². The van der Waals surface area contributed by atoms with E-state index in [1.807, 2.05) is 6.92 Å². The smallest absolute Gasteiger partial charge is 0.250 e. The van der Waals surface area contributed by atoms with Crippen molar-refractivity contribution in [2.75, 3.05) is 13.1 Å². The van der Waals surface area contributed by atoms with Crippen molar-refractivity contribution in [2.45, 2.75) is 64.6 Å². The second-order valence-corrected chi connectivity index (χ2v) is 8.80. The first kappa shape index (κ1) is 22.4. The molecule has 0 saturated carbocycles. The molecule has 0 aromatic carbocycles. The third-order valence-electron chi connectivity index (χ3n) is 6.07. The number of piperidine rings is 1. The lowest BCUT2D eigenvalue weighted by Crippen LogP contribution is -2.49. The molecule has 0 unspecified atom stereocenters. The lowest BCUT2D eigenvalue weighted by Gasteiger charge is -2.40. The van der Waals surface area contributed by atoms with Crippen LogP contribution in [0.5, 0.6) is 0 Å². The van der Waals surface area contributed by atoms with E-state index in [1.165, 1.54) is 5.56 Å².